The molecule has 1 amide bonds. The van der Waals surface area contributed by atoms with Gasteiger partial charge in [-0.15, -0.1) is 0 Å². The van der Waals surface area contributed by atoms with Crippen molar-refractivity contribution in [2.45, 2.75) is 49.2 Å². The highest BCUT2D eigenvalue weighted by atomic mass is 32.2. The summed E-state index contributed by atoms with van der Waals surface area (Å²) < 4.78 is 30.3. The Kier molecular flexibility index (Phi) is 6.14. The minimum atomic E-state index is -3.52. The lowest BCUT2D eigenvalue weighted by Gasteiger charge is -2.21. The molecule has 26 heavy (non-hydrogen) atoms. The molecule has 5 nitrogen and oxygen atoms in total. The predicted octanol–water partition coefficient (Wildman–Crippen LogP) is 3.95. The highest BCUT2D eigenvalue weighted by molar-refractivity contribution is 7.90. The molecule has 1 aromatic carbocycles. The molecule has 0 radical (unpaired) electrons. The van der Waals surface area contributed by atoms with E-state index in [2.05, 4.69) is 5.32 Å². The summed E-state index contributed by atoms with van der Waals surface area (Å²) in [5.41, 5.74) is 0.393. The molecular weight excluding hydrogens is 350 g/mol. The lowest BCUT2D eigenvalue weighted by atomic mass is 9.87. The number of carbonyl (C=O) groups is 1. The van der Waals surface area contributed by atoms with Crippen LogP contribution in [0, 0.1) is 5.92 Å². The first kappa shape index (κ1) is 18.7. The molecule has 0 saturated heterocycles. The third kappa shape index (κ3) is 4.75. The number of nitrogens with one attached hydrogen (secondary N) is 1. The molecule has 0 bridgehead atoms. The minimum Gasteiger partial charge on any atom is -0.459 e. The van der Waals surface area contributed by atoms with Crippen molar-refractivity contribution in [3.05, 3.63) is 54.0 Å². The Hall–Kier alpha value is -2.08. The third-order valence-electron chi connectivity index (χ3n) is 4.96. The molecule has 0 atom stereocenters. The first-order valence-corrected chi connectivity index (χ1v) is 10.8. The summed E-state index contributed by atoms with van der Waals surface area (Å²) in [6.45, 7) is 0.592. The molecule has 1 saturated carbocycles. The van der Waals surface area contributed by atoms with Gasteiger partial charge < -0.3 is 9.73 Å². The summed E-state index contributed by atoms with van der Waals surface area (Å²) in [7, 11) is -3.52. The Morgan fingerprint density at radius 2 is 1.81 bits per heavy atom. The fourth-order valence-electron chi connectivity index (χ4n) is 3.51. The maximum Gasteiger partial charge on any atom is 0.287 e. The van der Waals surface area contributed by atoms with Gasteiger partial charge in [-0.05, 0) is 30.5 Å². The van der Waals surface area contributed by atoms with Gasteiger partial charge in [0.15, 0.2) is 15.6 Å². The van der Waals surface area contributed by atoms with Crippen molar-refractivity contribution in [3.63, 3.8) is 0 Å². The van der Waals surface area contributed by atoms with Crippen molar-refractivity contribution in [2.24, 2.45) is 5.92 Å². The molecule has 1 heterocycles. The van der Waals surface area contributed by atoms with E-state index in [0.29, 0.717) is 18.0 Å². The van der Waals surface area contributed by atoms with Crippen LogP contribution in [-0.4, -0.2) is 20.9 Å². The average Bonchev–Trinajstić information content (AvgIpc) is 3.11. The smallest absolute Gasteiger partial charge is 0.287 e. The Morgan fingerprint density at radius 1 is 1.08 bits per heavy atom. The van der Waals surface area contributed by atoms with Crippen LogP contribution in [0.15, 0.2) is 52.0 Å². The van der Waals surface area contributed by atoms with Crippen LogP contribution >= 0.6 is 0 Å². The summed E-state index contributed by atoms with van der Waals surface area (Å²) in [4.78, 5) is 12.6. The number of carbonyl (C=O) groups excluding carboxylic acids is 1. The zero-order valence-corrected chi connectivity index (χ0v) is 15.6. The molecular formula is C20H25NO4S. The topological polar surface area (TPSA) is 76.4 Å². The van der Waals surface area contributed by atoms with Crippen LogP contribution in [0.25, 0.3) is 0 Å². The maximum atomic E-state index is 12.5. The SMILES string of the molecule is O=C(NCCC1CCCCC1)c1occc1CS(=O)(=O)c1ccccc1. The van der Waals surface area contributed by atoms with Gasteiger partial charge in [0.25, 0.3) is 5.91 Å². The van der Waals surface area contributed by atoms with Crippen LogP contribution in [0.3, 0.4) is 0 Å². The number of sulfone groups is 1. The van der Waals surface area contributed by atoms with Crippen molar-refractivity contribution < 1.29 is 17.6 Å². The van der Waals surface area contributed by atoms with Gasteiger partial charge in [-0.2, -0.15) is 0 Å². The normalized spacial score (nSPS) is 15.7. The van der Waals surface area contributed by atoms with E-state index in [-0.39, 0.29) is 22.3 Å². The van der Waals surface area contributed by atoms with E-state index < -0.39 is 9.84 Å². The standard InChI is InChI=1S/C20H25NO4S/c22-20(21-13-11-16-7-3-1-4-8-16)19-17(12-14-25-19)15-26(23,24)18-9-5-2-6-10-18/h2,5-6,9-10,12,14,16H,1,3-4,7-8,11,13,15H2,(H,21,22). The average molecular weight is 375 g/mol. The van der Waals surface area contributed by atoms with Gasteiger partial charge >= 0.3 is 0 Å². The highest BCUT2D eigenvalue weighted by Crippen LogP contribution is 2.26. The van der Waals surface area contributed by atoms with E-state index >= 15 is 0 Å². The number of benzene rings is 1. The Labute approximate surface area is 154 Å². The lowest BCUT2D eigenvalue weighted by molar-refractivity contribution is 0.0921. The van der Waals surface area contributed by atoms with E-state index in [9.17, 15) is 13.2 Å². The molecule has 3 rings (SSSR count). The maximum absolute atomic E-state index is 12.5. The van der Waals surface area contributed by atoms with Crippen LogP contribution in [0.4, 0.5) is 0 Å². The number of rotatable bonds is 7. The van der Waals surface area contributed by atoms with Crippen molar-refractivity contribution in [1.82, 2.24) is 5.32 Å². The van der Waals surface area contributed by atoms with Gasteiger partial charge in [0.05, 0.1) is 16.9 Å². The van der Waals surface area contributed by atoms with Gasteiger partial charge in [-0.1, -0.05) is 50.3 Å². The first-order chi connectivity index (χ1) is 12.6. The zero-order chi connectivity index (χ0) is 18.4. The first-order valence-electron chi connectivity index (χ1n) is 9.18. The molecule has 0 aliphatic heterocycles. The van der Waals surface area contributed by atoms with Crippen LogP contribution in [0.5, 0.6) is 0 Å². The fourth-order valence-corrected chi connectivity index (χ4v) is 4.89. The summed E-state index contributed by atoms with van der Waals surface area (Å²) in [5, 5.41) is 2.87. The lowest BCUT2D eigenvalue weighted by Crippen LogP contribution is -2.27. The van der Waals surface area contributed by atoms with E-state index in [0.717, 1.165) is 6.42 Å². The Morgan fingerprint density at radius 3 is 2.54 bits per heavy atom. The minimum absolute atomic E-state index is 0.0909. The van der Waals surface area contributed by atoms with Gasteiger partial charge in [0.2, 0.25) is 0 Å². The molecule has 6 heteroatoms. The monoisotopic (exact) mass is 375 g/mol. The van der Waals surface area contributed by atoms with Gasteiger partial charge in [-0.25, -0.2) is 8.42 Å². The molecule has 1 fully saturated rings. The molecule has 2 aromatic rings. The van der Waals surface area contributed by atoms with E-state index in [4.69, 9.17) is 4.42 Å². The molecule has 1 aliphatic rings. The Balaban J connectivity index is 1.60. The fraction of sp³-hybridized carbons (Fsp3) is 0.450. The van der Waals surface area contributed by atoms with Crippen LogP contribution in [-0.2, 0) is 15.6 Å². The zero-order valence-electron chi connectivity index (χ0n) is 14.8. The quantitative estimate of drug-likeness (QED) is 0.795. The van der Waals surface area contributed by atoms with E-state index in [1.807, 2.05) is 0 Å². The predicted molar refractivity (Wildman–Crippen MR) is 99.6 cm³/mol. The van der Waals surface area contributed by atoms with Gasteiger partial charge in [-0.3, -0.25) is 4.79 Å². The number of hydrogen-bond acceptors (Lipinski definition) is 4. The molecule has 1 aromatic heterocycles. The van der Waals surface area contributed by atoms with Crippen molar-refractivity contribution in [3.8, 4) is 0 Å². The summed E-state index contributed by atoms with van der Waals surface area (Å²) in [5.74, 6) is 0.176. The van der Waals surface area contributed by atoms with Crippen LogP contribution in [0.2, 0.25) is 0 Å². The second-order valence-electron chi connectivity index (χ2n) is 6.90. The number of amides is 1. The highest BCUT2D eigenvalue weighted by Gasteiger charge is 2.22. The molecule has 1 N–H and O–H groups in total. The molecule has 0 unspecified atom stereocenters. The molecule has 140 valence electrons. The third-order valence-corrected chi connectivity index (χ3v) is 6.65. The van der Waals surface area contributed by atoms with Crippen LogP contribution < -0.4 is 5.32 Å². The van der Waals surface area contributed by atoms with Gasteiger partial charge in [0.1, 0.15) is 0 Å². The van der Waals surface area contributed by atoms with E-state index in [1.165, 1.54) is 38.4 Å². The number of furan rings is 1. The van der Waals surface area contributed by atoms with Crippen molar-refractivity contribution in [1.29, 1.82) is 0 Å². The Bertz CT molecular complexity index is 821. The van der Waals surface area contributed by atoms with Crippen LogP contribution in [0.1, 0.15) is 54.6 Å². The van der Waals surface area contributed by atoms with Gasteiger partial charge in [0, 0.05) is 12.1 Å². The number of hydrogen-bond donors (Lipinski definition) is 1. The molecule has 0 spiro atoms. The summed E-state index contributed by atoms with van der Waals surface area (Å²) >= 11 is 0. The second-order valence-corrected chi connectivity index (χ2v) is 8.89. The van der Waals surface area contributed by atoms with Crippen molar-refractivity contribution >= 4 is 15.7 Å². The van der Waals surface area contributed by atoms with Crippen molar-refractivity contribution in [2.75, 3.05) is 6.54 Å². The largest absolute Gasteiger partial charge is 0.459 e. The summed E-state index contributed by atoms with van der Waals surface area (Å²) in [6, 6.07) is 9.79. The summed E-state index contributed by atoms with van der Waals surface area (Å²) in [6.07, 6.45) is 8.66. The van der Waals surface area contributed by atoms with E-state index in [1.54, 1.807) is 36.4 Å². The molecule has 1 aliphatic carbocycles. The second kappa shape index (κ2) is 8.54.